The highest BCUT2D eigenvalue weighted by atomic mass is 16.5. The number of hydrogen-bond donors (Lipinski definition) is 0. The SMILES string of the molecule is COc1ccc(-c2cccc(C=O)c2OC)c(C#N)c1. The van der Waals surface area contributed by atoms with E-state index in [0.29, 0.717) is 33.8 Å². The number of para-hydroxylation sites is 1. The lowest BCUT2D eigenvalue weighted by Crippen LogP contribution is -1.95. The van der Waals surface area contributed by atoms with Crippen LogP contribution in [0, 0.1) is 11.3 Å². The smallest absolute Gasteiger partial charge is 0.153 e. The van der Waals surface area contributed by atoms with Crippen LogP contribution >= 0.6 is 0 Å². The van der Waals surface area contributed by atoms with Gasteiger partial charge in [0.25, 0.3) is 0 Å². The van der Waals surface area contributed by atoms with Crippen LogP contribution in [0.15, 0.2) is 36.4 Å². The van der Waals surface area contributed by atoms with E-state index in [0.717, 1.165) is 6.29 Å². The molecule has 0 spiro atoms. The third-order valence-corrected chi connectivity index (χ3v) is 3.01. The monoisotopic (exact) mass is 267 g/mol. The Balaban J connectivity index is 2.69. The third-order valence-electron chi connectivity index (χ3n) is 3.01. The number of ether oxygens (including phenoxy) is 2. The molecule has 20 heavy (non-hydrogen) atoms. The van der Waals surface area contributed by atoms with Crippen molar-refractivity contribution >= 4 is 6.29 Å². The van der Waals surface area contributed by atoms with E-state index in [1.54, 1.807) is 37.4 Å². The summed E-state index contributed by atoms with van der Waals surface area (Å²) in [6.07, 6.45) is 0.734. The summed E-state index contributed by atoms with van der Waals surface area (Å²) in [5.74, 6) is 1.07. The van der Waals surface area contributed by atoms with Gasteiger partial charge < -0.3 is 9.47 Å². The van der Waals surface area contributed by atoms with E-state index in [4.69, 9.17) is 9.47 Å². The van der Waals surface area contributed by atoms with Gasteiger partial charge in [-0.05, 0) is 24.3 Å². The highest BCUT2D eigenvalue weighted by molar-refractivity contribution is 5.87. The number of benzene rings is 2. The second-order valence-electron chi connectivity index (χ2n) is 4.07. The minimum absolute atomic E-state index is 0.449. The Morgan fingerprint density at radius 2 is 1.90 bits per heavy atom. The topological polar surface area (TPSA) is 59.3 Å². The molecule has 0 saturated heterocycles. The van der Waals surface area contributed by atoms with Crippen LogP contribution in [0.3, 0.4) is 0 Å². The molecule has 2 rings (SSSR count). The Kier molecular flexibility index (Phi) is 4.02. The standard InChI is InChI=1S/C16H13NO3/c1-19-13-6-7-14(12(8-13)9-17)15-5-3-4-11(10-18)16(15)20-2/h3-8,10H,1-2H3. The molecule has 2 aromatic rings. The maximum absolute atomic E-state index is 11.1. The van der Waals surface area contributed by atoms with Gasteiger partial charge in [0, 0.05) is 11.1 Å². The summed E-state index contributed by atoms with van der Waals surface area (Å²) in [6.45, 7) is 0. The first-order valence-electron chi connectivity index (χ1n) is 5.95. The summed E-state index contributed by atoms with van der Waals surface area (Å²) in [4.78, 5) is 11.1. The van der Waals surface area contributed by atoms with Gasteiger partial charge in [-0.25, -0.2) is 0 Å². The van der Waals surface area contributed by atoms with Crippen molar-refractivity contribution in [3.63, 3.8) is 0 Å². The number of carbonyl (C=O) groups is 1. The first-order valence-corrected chi connectivity index (χ1v) is 5.95. The number of nitrogens with zero attached hydrogens (tertiary/aromatic N) is 1. The molecule has 4 heteroatoms. The predicted molar refractivity (Wildman–Crippen MR) is 75.1 cm³/mol. The van der Waals surface area contributed by atoms with Gasteiger partial charge in [0.05, 0.1) is 31.4 Å². The first kappa shape index (κ1) is 13.6. The van der Waals surface area contributed by atoms with E-state index in [9.17, 15) is 10.1 Å². The average molecular weight is 267 g/mol. The molecule has 0 bridgehead atoms. The maximum atomic E-state index is 11.1. The van der Waals surface area contributed by atoms with Crippen LogP contribution < -0.4 is 9.47 Å². The fraction of sp³-hybridized carbons (Fsp3) is 0.125. The van der Waals surface area contributed by atoms with Crippen molar-refractivity contribution in [1.82, 2.24) is 0 Å². The van der Waals surface area contributed by atoms with Crippen LogP contribution in [-0.2, 0) is 0 Å². The fourth-order valence-corrected chi connectivity index (χ4v) is 2.07. The molecule has 0 aliphatic carbocycles. The van der Waals surface area contributed by atoms with Crippen LogP contribution in [0.25, 0.3) is 11.1 Å². The van der Waals surface area contributed by atoms with E-state index >= 15 is 0 Å². The Morgan fingerprint density at radius 3 is 2.50 bits per heavy atom. The van der Waals surface area contributed by atoms with Gasteiger partial charge in [-0.15, -0.1) is 0 Å². The minimum atomic E-state index is 0.449. The zero-order valence-electron chi connectivity index (χ0n) is 11.2. The van der Waals surface area contributed by atoms with E-state index in [1.165, 1.54) is 7.11 Å². The molecule has 0 aromatic heterocycles. The number of nitriles is 1. The van der Waals surface area contributed by atoms with Crippen molar-refractivity contribution in [2.24, 2.45) is 0 Å². The molecule has 0 atom stereocenters. The van der Waals surface area contributed by atoms with Gasteiger partial charge in [-0.3, -0.25) is 4.79 Å². The molecule has 0 aliphatic heterocycles. The van der Waals surface area contributed by atoms with Crippen molar-refractivity contribution in [2.45, 2.75) is 0 Å². The zero-order chi connectivity index (χ0) is 14.5. The van der Waals surface area contributed by atoms with E-state index in [2.05, 4.69) is 6.07 Å². The van der Waals surface area contributed by atoms with Crippen molar-refractivity contribution in [1.29, 1.82) is 5.26 Å². The maximum Gasteiger partial charge on any atom is 0.153 e. The lowest BCUT2D eigenvalue weighted by atomic mass is 9.97. The van der Waals surface area contributed by atoms with Gasteiger partial charge in [-0.1, -0.05) is 12.1 Å². The summed E-state index contributed by atoms with van der Waals surface area (Å²) in [5.41, 5.74) is 2.32. The highest BCUT2D eigenvalue weighted by Crippen LogP contribution is 2.35. The summed E-state index contributed by atoms with van der Waals surface area (Å²) in [7, 11) is 3.05. The molecule has 4 nitrogen and oxygen atoms in total. The predicted octanol–water partition coefficient (Wildman–Crippen LogP) is 3.05. The average Bonchev–Trinajstić information content (AvgIpc) is 2.53. The van der Waals surface area contributed by atoms with E-state index in [-0.39, 0.29) is 0 Å². The molecular weight excluding hydrogens is 254 g/mol. The van der Waals surface area contributed by atoms with Crippen LogP contribution in [-0.4, -0.2) is 20.5 Å². The Hall–Kier alpha value is -2.80. The quantitative estimate of drug-likeness (QED) is 0.799. The number of carbonyl (C=O) groups excluding carboxylic acids is 1. The number of aldehydes is 1. The molecule has 2 aromatic carbocycles. The molecule has 0 N–H and O–H groups in total. The molecule has 0 unspecified atom stereocenters. The molecule has 100 valence electrons. The fourth-order valence-electron chi connectivity index (χ4n) is 2.07. The number of methoxy groups -OCH3 is 2. The van der Waals surface area contributed by atoms with Crippen molar-refractivity contribution in [3.05, 3.63) is 47.5 Å². The Bertz CT molecular complexity index is 687. The summed E-state index contributed by atoms with van der Waals surface area (Å²) >= 11 is 0. The van der Waals surface area contributed by atoms with E-state index < -0.39 is 0 Å². The van der Waals surface area contributed by atoms with Crippen LogP contribution in [0.1, 0.15) is 15.9 Å². The zero-order valence-corrected chi connectivity index (χ0v) is 11.2. The molecule has 0 saturated carbocycles. The largest absolute Gasteiger partial charge is 0.497 e. The molecular formula is C16H13NO3. The van der Waals surface area contributed by atoms with Crippen LogP contribution in [0.5, 0.6) is 11.5 Å². The van der Waals surface area contributed by atoms with Gasteiger partial charge in [-0.2, -0.15) is 5.26 Å². The van der Waals surface area contributed by atoms with Crippen molar-refractivity contribution in [3.8, 4) is 28.7 Å². The van der Waals surface area contributed by atoms with Gasteiger partial charge in [0.1, 0.15) is 11.5 Å². The van der Waals surface area contributed by atoms with Gasteiger partial charge in [0.2, 0.25) is 0 Å². The molecule has 0 aliphatic rings. The van der Waals surface area contributed by atoms with Crippen molar-refractivity contribution in [2.75, 3.05) is 14.2 Å². The third kappa shape index (κ3) is 2.34. The summed E-state index contributed by atoms with van der Waals surface area (Å²) in [5, 5.41) is 9.27. The first-order chi connectivity index (χ1) is 9.74. The van der Waals surface area contributed by atoms with Crippen molar-refractivity contribution < 1.29 is 14.3 Å². The second kappa shape index (κ2) is 5.89. The minimum Gasteiger partial charge on any atom is -0.497 e. The van der Waals surface area contributed by atoms with Gasteiger partial charge >= 0.3 is 0 Å². The number of hydrogen-bond acceptors (Lipinski definition) is 4. The summed E-state index contributed by atoms with van der Waals surface area (Å²) < 4.78 is 10.4. The lowest BCUT2D eigenvalue weighted by Gasteiger charge is -2.12. The normalized spacial score (nSPS) is 9.65. The number of rotatable bonds is 4. The van der Waals surface area contributed by atoms with Crippen LogP contribution in [0.2, 0.25) is 0 Å². The molecule has 0 fully saturated rings. The molecule has 0 heterocycles. The Morgan fingerprint density at radius 1 is 1.10 bits per heavy atom. The van der Waals surface area contributed by atoms with Crippen LogP contribution in [0.4, 0.5) is 0 Å². The highest BCUT2D eigenvalue weighted by Gasteiger charge is 2.14. The molecule has 0 radical (unpaired) electrons. The lowest BCUT2D eigenvalue weighted by molar-refractivity contribution is 0.112. The van der Waals surface area contributed by atoms with E-state index in [1.807, 2.05) is 6.07 Å². The summed E-state index contributed by atoms with van der Waals surface area (Å²) in [6, 6.07) is 12.6. The van der Waals surface area contributed by atoms with Gasteiger partial charge in [0.15, 0.2) is 6.29 Å². The molecule has 0 amide bonds. The Labute approximate surface area is 117 Å². The second-order valence-corrected chi connectivity index (χ2v) is 4.07.